The molecule has 0 aromatic carbocycles. The van der Waals surface area contributed by atoms with Gasteiger partial charge in [0.2, 0.25) is 5.89 Å². The second-order valence-corrected chi connectivity index (χ2v) is 4.36. The maximum absolute atomic E-state index is 11.8. The summed E-state index contributed by atoms with van der Waals surface area (Å²) in [6.45, 7) is 0.658. The number of ether oxygens (including phenoxy) is 1. The second kappa shape index (κ2) is 6.97. The molecule has 0 atom stereocenters. The second-order valence-electron chi connectivity index (χ2n) is 3.92. The molecule has 7 nitrogen and oxygen atoms in total. The summed E-state index contributed by atoms with van der Waals surface area (Å²) in [4.78, 5) is 19.8. The number of nitrogens with zero attached hydrogens (tertiary/aromatic N) is 3. The van der Waals surface area contributed by atoms with Crippen LogP contribution < -0.4 is 5.32 Å². The molecule has 0 fully saturated rings. The smallest absolute Gasteiger partial charge is 0.253 e. The molecular weight excluding hydrogens is 284 g/mol. The molecule has 0 unspecified atom stereocenters. The van der Waals surface area contributed by atoms with Gasteiger partial charge in [-0.05, 0) is 6.07 Å². The summed E-state index contributed by atoms with van der Waals surface area (Å²) >= 11 is 5.76. The molecule has 1 amide bonds. The lowest BCUT2D eigenvalue weighted by molar-refractivity contribution is 0.0946. The average molecular weight is 297 g/mol. The molecule has 0 aliphatic heterocycles. The third kappa shape index (κ3) is 4.01. The highest BCUT2D eigenvalue weighted by atomic mass is 35.5. The van der Waals surface area contributed by atoms with E-state index in [1.807, 2.05) is 0 Å². The van der Waals surface area contributed by atoms with Gasteiger partial charge < -0.3 is 14.6 Å². The predicted octanol–water partition coefficient (Wildman–Crippen LogP) is 1.24. The molecule has 2 rings (SSSR count). The zero-order valence-corrected chi connectivity index (χ0v) is 11.6. The average Bonchev–Trinajstić information content (AvgIpc) is 2.90. The number of methoxy groups -OCH3 is 1. The molecule has 0 spiro atoms. The van der Waals surface area contributed by atoms with Crippen LogP contribution in [-0.4, -0.2) is 34.7 Å². The van der Waals surface area contributed by atoms with Crippen LogP contribution in [-0.2, 0) is 17.7 Å². The summed E-state index contributed by atoms with van der Waals surface area (Å²) in [5.74, 6) is 0.566. The van der Waals surface area contributed by atoms with Crippen LogP contribution in [0.3, 0.4) is 0 Å². The molecule has 2 aromatic rings. The Kier molecular flexibility index (Phi) is 5.03. The fourth-order valence-electron chi connectivity index (χ4n) is 1.45. The van der Waals surface area contributed by atoms with E-state index in [1.165, 1.54) is 18.5 Å². The third-order valence-corrected chi connectivity index (χ3v) is 2.61. The monoisotopic (exact) mass is 296 g/mol. The minimum absolute atomic E-state index is 0.144. The van der Waals surface area contributed by atoms with Gasteiger partial charge in [-0.2, -0.15) is 4.98 Å². The van der Waals surface area contributed by atoms with Gasteiger partial charge in [0.1, 0.15) is 0 Å². The van der Waals surface area contributed by atoms with Crippen molar-refractivity contribution in [2.45, 2.75) is 13.0 Å². The zero-order chi connectivity index (χ0) is 14.4. The van der Waals surface area contributed by atoms with Gasteiger partial charge in [-0.1, -0.05) is 16.8 Å². The first kappa shape index (κ1) is 14.4. The highest BCUT2D eigenvalue weighted by molar-refractivity contribution is 6.30. The van der Waals surface area contributed by atoms with Crippen molar-refractivity contribution in [2.75, 3.05) is 13.7 Å². The predicted molar refractivity (Wildman–Crippen MR) is 70.3 cm³/mol. The molecule has 106 valence electrons. The van der Waals surface area contributed by atoms with E-state index in [9.17, 15) is 4.79 Å². The van der Waals surface area contributed by atoms with E-state index in [2.05, 4.69) is 20.4 Å². The Morgan fingerprint density at radius 2 is 2.35 bits per heavy atom. The Morgan fingerprint density at radius 1 is 1.50 bits per heavy atom. The van der Waals surface area contributed by atoms with Crippen molar-refractivity contribution in [3.63, 3.8) is 0 Å². The molecule has 1 N–H and O–H groups in total. The molecule has 0 saturated carbocycles. The normalized spacial score (nSPS) is 10.5. The minimum atomic E-state index is -0.309. The van der Waals surface area contributed by atoms with E-state index in [0.717, 1.165) is 0 Å². The van der Waals surface area contributed by atoms with Crippen molar-refractivity contribution in [2.24, 2.45) is 0 Å². The lowest BCUT2D eigenvalue weighted by Crippen LogP contribution is -2.23. The third-order valence-electron chi connectivity index (χ3n) is 2.41. The first-order valence-corrected chi connectivity index (χ1v) is 6.26. The van der Waals surface area contributed by atoms with E-state index in [-0.39, 0.29) is 12.5 Å². The maximum atomic E-state index is 11.8. The summed E-state index contributed by atoms with van der Waals surface area (Å²) in [6.07, 6.45) is 3.45. The lowest BCUT2D eigenvalue weighted by atomic mass is 10.3. The Hall–Kier alpha value is -1.99. The van der Waals surface area contributed by atoms with Crippen LogP contribution in [0.25, 0.3) is 0 Å². The van der Waals surface area contributed by atoms with Gasteiger partial charge in [0.25, 0.3) is 5.91 Å². The van der Waals surface area contributed by atoms with Crippen molar-refractivity contribution in [1.82, 2.24) is 20.4 Å². The number of carbonyl (C=O) groups is 1. The van der Waals surface area contributed by atoms with Gasteiger partial charge in [-0.3, -0.25) is 9.78 Å². The molecule has 0 radical (unpaired) electrons. The number of nitrogens with one attached hydrogen (secondary N) is 1. The molecule has 2 aromatic heterocycles. The highest BCUT2D eigenvalue weighted by Gasteiger charge is 2.10. The van der Waals surface area contributed by atoms with Crippen molar-refractivity contribution >= 4 is 17.5 Å². The number of carbonyl (C=O) groups excluding carboxylic acids is 1. The first-order chi connectivity index (χ1) is 9.69. The van der Waals surface area contributed by atoms with E-state index >= 15 is 0 Å². The van der Waals surface area contributed by atoms with Gasteiger partial charge >= 0.3 is 0 Å². The first-order valence-electron chi connectivity index (χ1n) is 5.88. The van der Waals surface area contributed by atoms with Crippen molar-refractivity contribution in [3.05, 3.63) is 40.8 Å². The molecule has 0 saturated heterocycles. The van der Waals surface area contributed by atoms with Gasteiger partial charge in [-0.15, -0.1) is 0 Å². The van der Waals surface area contributed by atoms with Crippen molar-refractivity contribution in [3.8, 4) is 0 Å². The standard InChI is InChI=1S/C12H13ClN4O3/c1-19-3-2-10-16-11(20-17-10)7-15-12(18)8-4-9(13)6-14-5-8/h4-6H,2-3,7H2,1H3,(H,15,18). The molecule has 0 aliphatic rings. The summed E-state index contributed by atoms with van der Waals surface area (Å²) < 4.78 is 9.91. The van der Waals surface area contributed by atoms with E-state index in [0.29, 0.717) is 35.3 Å². The molecule has 8 heteroatoms. The number of pyridine rings is 1. The van der Waals surface area contributed by atoms with E-state index in [1.54, 1.807) is 7.11 Å². The number of amides is 1. The molecule has 20 heavy (non-hydrogen) atoms. The van der Waals surface area contributed by atoms with Gasteiger partial charge in [0.05, 0.1) is 23.7 Å². The largest absolute Gasteiger partial charge is 0.384 e. The van der Waals surface area contributed by atoms with Crippen LogP contribution in [0.2, 0.25) is 5.02 Å². The Bertz CT molecular complexity index is 588. The fourth-order valence-corrected chi connectivity index (χ4v) is 1.62. The lowest BCUT2D eigenvalue weighted by Gasteiger charge is -2.01. The molecular formula is C12H13ClN4O3. The zero-order valence-electron chi connectivity index (χ0n) is 10.8. The highest BCUT2D eigenvalue weighted by Crippen LogP contribution is 2.08. The topological polar surface area (TPSA) is 90.1 Å². The summed E-state index contributed by atoms with van der Waals surface area (Å²) in [5, 5.41) is 6.81. The van der Waals surface area contributed by atoms with Gasteiger partial charge in [0, 0.05) is 25.9 Å². The number of rotatable bonds is 6. The number of hydrogen-bond donors (Lipinski definition) is 1. The van der Waals surface area contributed by atoms with Crippen LogP contribution in [0.15, 0.2) is 23.0 Å². The van der Waals surface area contributed by atoms with Gasteiger partial charge in [0.15, 0.2) is 5.82 Å². The van der Waals surface area contributed by atoms with Crippen molar-refractivity contribution < 1.29 is 14.1 Å². The Labute approximate surface area is 120 Å². The number of halogens is 1. The van der Waals surface area contributed by atoms with Crippen LogP contribution in [0.5, 0.6) is 0 Å². The quantitative estimate of drug-likeness (QED) is 0.862. The van der Waals surface area contributed by atoms with Crippen LogP contribution in [0.4, 0.5) is 0 Å². The number of hydrogen-bond acceptors (Lipinski definition) is 6. The van der Waals surface area contributed by atoms with Crippen molar-refractivity contribution in [1.29, 1.82) is 0 Å². The molecule has 2 heterocycles. The fraction of sp³-hybridized carbons (Fsp3) is 0.333. The van der Waals surface area contributed by atoms with Crippen LogP contribution in [0.1, 0.15) is 22.1 Å². The summed E-state index contributed by atoms with van der Waals surface area (Å²) in [6, 6.07) is 1.53. The Morgan fingerprint density at radius 3 is 3.10 bits per heavy atom. The van der Waals surface area contributed by atoms with Gasteiger partial charge in [-0.25, -0.2) is 0 Å². The summed E-state index contributed by atoms with van der Waals surface area (Å²) in [7, 11) is 1.60. The van der Waals surface area contributed by atoms with E-state index in [4.69, 9.17) is 20.9 Å². The summed E-state index contributed by atoms with van der Waals surface area (Å²) in [5.41, 5.74) is 0.372. The molecule has 0 aliphatic carbocycles. The SMILES string of the molecule is COCCc1noc(CNC(=O)c2cncc(Cl)c2)n1. The van der Waals surface area contributed by atoms with Crippen LogP contribution >= 0.6 is 11.6 Å². The minimum Gasteiger partial charge on any atom is -0.384 e. The maximum Gasteiger partial charge on any atom is 0.253 e. The van der Waals surface area contributed by atoms with Crippen LogP contribution in [0, 0.1) is 0 Å². The molecule has 0 bridgehead atoms. The number of aromatic nitrogens is 3. The Balaban J connectivity index is 1.88. The van der Waals surface area contributed by atoms with E-state index < -0.39 is 0 Å².